The molecule has 1 aromatic heterocycles. The Labute approximate surface area is 198 Å². The Morgan fingerprint density at radius 1 is 0.971 bits per heavy atom. The van der Waals surface area contributed by atoms with Gasteiger partial charge in [-0.05, 0) is 55.5 Å². The van der Waals surface area contributed by atoms with Gasteiger partial charge in [0, 0.05) is 33.4 Å². The molecule has 34 heavy (non-hydrogen) atoms. The Hall–Kier alpha value is -3.78. The number of amides is 2. The molecule has 3 aromatic carbocycles. The molecular weight excluding hydrogens is 467 g/mol. The molecule has 0 atom stereocenters. The normalized spacial score (nSPS) is 11.3. The molecule has 5 nitrogen and oxygen atoms in total. The zero-order valence-electron chi connectivity index (χ0n) is 17.9. The number of benzene rings is 3. The molecule has 0 aliphatic carbocycles. The first kappa shape index (κ1) is 23.4. The van der Waals surface area contributed by atoms with Crippen LogP contribution in [-0.4, -0.2) is 17.6 Å². The van der Waals surface area contributed by atoms with Crippen molar-refractivity contribution >= 4 is 39.9 Å². The summed E-state index contributed by atoms with van der Waals surface area (Å²) < 4.78 is 44.5. The van der Waals surface area contributed by atoms with Crippen LogP contribution in [0.25, 0.3) is 22.2 Å². The number of rotatable bonds is 5. The average molecular weight is 486 g/mol. The highest BCUT2D eigenvalue weighted by atomic mass is 35.5. The highest BCUT2D eigenvalue weighted by Crippen LogP contribution is 2.33. The molecule has 0 fully saturated rings. The van der Waals surface area contributed by atoms with Gasteiger partial charge in [-0.15, -0.1) is 0 Å². The highest BCUT2D eigenvalue weighted by molar-refractivity contribution is 6.30. The summed E-state index contributed by atoms with van der Waals surface area (Å²) in [5, 5.41) is 6.35. The van der Waals surface area contributed by atoms with Crippen molar-refractivity contribution in [3.8, 4) is 17.0 Å². The Balaban J connectivity index is 1.59. The van der Waals surface area contributed by atoms with Crippen LogP contribution in [-0.2, 0) is 6.18 Å². The number of pyridine rings is 1. The summed E-state index contributed by atoms with van der Waals surface area (Å²) in [6, 6.07) is 17.9. The summed E-state index contributed by atoms with van der Waals surface area (Å²) in [6.07, 6.45) is -4.50. The molecule has 0 unspecified atom stereocenters. The monoisotopic (exact) mass is 485 g/mol. The van der Waals surface area contributed by atoms with Crippen LogP contribution < -0.4 is 15.4 Å². The van der Waals surface area contributed by atoms with Gasteiger partial charge in [-0.2, -0.15) is 13.2 Å². The van der Waals surface area contributed by atoms with E-state index < -0.39 is 17.8 Å². The van der Waals surface area contributed by atoms with Crippen LogP contribution in [0.1, 0.15) is 12.5 Å². The Morgan fingerprint density at radius 2 is 1.68 bits per heavy atom. The number of anilines is 2. The van der Waals surface area contributed by atoms with Gasteiger partial charge in [-0.25, -0.2) is 9.78 Å². The molecule has 9 heteroatoms. The number of fused-ring (bicyclic) bond motifs is 1. The first-order chi connectivity index (χ1) is 16.2. The van der Waals surface area contributed by atoms with Crippen molar-refractivity contribution in [3.63, 3.8) is 0 Å². The maximum absolute atomic E-state index is 12.9. The Bertz CT molecular complexity index is 1340. The van der Waals surface area contributed by atoms with Gasteiger partial charge in [-0.3, -0.25) is 0 Å². The first-order valence-electron chi connectivity index (χ1n) is 10.3. The van der Waals surface area contributed by atoms with E-state index in [0.29, 0.717) is 39.7 Å². The van der Waals surface area contributed by atoms with Crippen LogP contribution in [0.2, 0.25) is 5.02 Å². The third-order valence-corrected chi connectivity index (χ3v) is 5.17. The summed E-state index contributed by atoms with van der Waals surface area (Å²) in [4.78, 5) is 17.1. The van der Waals surface area contributed by atoms with Crippen molar-refractivity contribution < 1.29 is 22.7 Å². The molecule has 2 N–H and O–H groups in total. The first-order valence-corrected chi connectivity index (χ1v) is 10.7. The van der Waals surface area contributed by atoms with E-state index in [1.54, 1.807) is 30.3 Å². The second-order valence-electron chi connectivity index (χ2n) is 7.34. The number of carbonyl (C=O) groups is 1. The maximum Gasteiger partial charge on any atom is 0.416 e. The predicted octanol–water partition coefficient (Wildman–Crippen LogP) is 7.62. The number of nitrogens with one attached hydrogen (secondary N) is 2. The summed E-state index contributed by atoms with van der Waals surface area (Å²) in [5.41, 5.74) is 1.83. The number of urea groups is 1. The zero-order chi connectivity index (χ0) is 24.3. The van der Waals surface area contributed by atoms with Crippen LogP contribution in [0, 0.1) is 0 Å². The molecule has 174 valence electrons. The summed E-state index contributed by atoms with van der Waals surface area (Å²) in [5.74, 6) is 0.583. The maximum atomic E-state index is 12.9. The molecule has 0 saturated heterocycles. The molecule has 2 amide bonds. The van der Waals surface area contributed by atoms with Gasteiger partial charge in [0.2, 0.25) is 0 Å². The fourth-order valence-electron chi connectivity index (χ4n) is 3.38. The van der Waals surface area contributed by atoms with E-state index >= 15 is 0 Å². The molecule has 0 saturated carbocycles. The number of ether oxygens (including phenoxy) is 1. The Kier molecular flexibility index (Phi) is 6.61. The highest BCUT2D eigenvalue weighted by Gasteiger charge is 2.30. The van der Waals surface area contributed by atoms with Crippen LogP contribution in [0.15, 0.2) is 72.8 Å². The number of nitrogens with zero attached hydrogens (tertiary/aromatic N) is 1. The van der Waals surface area contributed by atoms with Crippen molar-refractivity contribution in [2.75, 3.05) is 17.2 Å². The molecule has 0 spiro atoms. The minimum atomic E-state index is -4.50. The second kappa shape index (κ2) is 9.61. The average Bonchev–Trinajstić information content (AvgIpc) is 2.79. The van der Waals surface area contributed by atoms with E-state index in [0.717, 1.165) is 17.7 Å². The van der Waals surface area contributed by atoms with E-state index in [4.69, 9.17) is 16.3 Å². The molecule has 4 aromatic rings. The van der Waals surface area contributed by atoms with Crippen molar-refractivity contribution in [3.05, 3.63) is 83.4 Å². The SMILES string of the molecule is CCOc1cc(-c2ccc(Cl)cc2)nc2ccc(NC(=O)Nc3cccc(C(F)(F)F)c3)cc12. The quantitative estimate of drug-likeness (QED) is 0.305. The van der Waals surface area contributed by atoms with E-state index in [1.807, 2.05) is 25.1 Å². The van der Waals surface area contributed by atoms with Crippen molar-refractivity contribution in [1.82, 2.24) is 4.98 Å². The minimum Gasteiger partial charge on any atom is -0.493 e. The van der Waals surface area contributed by atoms with E-state index in [-0.39, 0.29) is 5.69 Å². The van der Waals surface area contributed by atoms with Crippen molar-refractivity contribution in [2.24, 2.45) is 0 Å². The smallest absolute Gasteiger partial charge is 0.416 e. The van der Waals surface area contributed by atoms with Crippen LogP contribution >= 0.6 is 11.6 Å². The lowest BCUT2D eigenvalue weighted by atomic mass is 10.1. The molecule has 0 aliphatic rings. The number of carbonyl (C=O) groups excluding carboxylic acids is 1. The molecule has 0 radical (unpaired) electrons. The van der Waals surface area contributed by atoms with Gasteiger partial charge in [0.05, 0.1) is 23.4 Å². The minimum absolute atomic E-state index is 0.0254. The largest absolute Gasteiger partial charge is 0.493 e. The van der Waals surface area contributed by atoms with Gasteiger partial charge < -0.3 is 15.4 Å². The van der Waals surface area contributed by atoms with Gasteiger partial charge in [0.1, 0.15) is 5.75 Å². The lowest BCUT2D eigenvalue weighted by Gasteiger charge is -2.13. The summed E-state index contributed by atoms with van der Waals surface area (Å²) in [7, 11) is 0. The molecule has 0 aliphatic heterocycles. The zero-order valence-corrected chi connectivity index (χ0v) is 18.7. The standard InChI is InChI=1S/C25H19ClF3N3O2/c1-2-34-23-14-22(15-6-8-17(26)9-7-15)32-21-11-10-19(13-20(21)23)31-24(33)30-18-5-3-4-16(12-18)25(27,28)29/h3-14H,2H2,1H3,(H2,30,31,33). The fraction of sp³-hybridized carbons (Fsp3) is 0.120. The van der Waals surface area contributed by atoms with Gasteiger partial charge in [0.15, 0.2) is 0 Å². The van der Waals surface area contributed by atoms with Crippen LogP contribution in [0.5, 0.6) is 5.75 Å². The van der Waals surface area contributed by atoms with Crippen LogP contribution in [0.4, 0.5) is 29.3 Å². The van der Waals surface area contributed by atoms with Gasteiger partial charge >= 0.3 is 12.2 Å². The van der Waals surface area contributed by atoms with Gasteiger partial charge in [-0.1, -0.05) is 29.8 Å². The van der Waals surface area contributed by atoms with Gasteiger partial charge in [0.25, 0.3) is 0 Å². The lowest BCUT2D eigenvalue weighted by molar-refractivity contribution is -0.137. The number of halogens is 4. The van der Waals surface area contributed by atoms with Crippen LogP contribution in [0.3, 0.4) is 0 Å². The number of hydrogen-bond acceptors (Lipinski definition) is 3. The third-order valence-electron chi connectivity index (χ3n) is 4.92. The third kappa shape index (κ3) is 5.40. The molecule has 4 rings (SSSR count). The van der Waals surface area contributed by atoms with Crippen molar-refractivity contribution in [2.45, 2.75) is 13.1 Å². The molecular formula is C25H19ClF3N3O2. The lowest BCUT2D eigenvalue weighted by Crippen LogP contribution is -2.19. The molecule has 1 heterocycles. The van der Waals surface area contributed by atoms with E-state index in [1.165, 1.54) is 12.1 Å². The second-order valence-corrected chi connectivity index (χ2v) is 7.77. The number of hydrogen-bond donors (Lipinski definition) is 2. The van der Waals surface area contributed by atoms with Crippen molar-refractivity contribution in [1.29, 1.82) is 0 Å². The summed E-state index contributed by atoms with van der Waals surface area (Å²) >= 11 is 5.98. The summed E-state index contributed by atoms with van der Waals surface area (Å²) in [6.45, 7) is 2.28. The topological polar surface area (TPSA) is 63.2 Å². The fourth-order valence-corrected chi connectivity index (χ4v) is 3.51. The predicted molar refractivity (Wildman–Crippen MR) is 127 cm³/mol. The Morgan fingerprint density at radius 3 is 2.35 bits per heavy atom. The van der Waals surface area contributed by atoms with E-state index in [2.05, 4.69) is 15.6 Å². The number of alkyl halides is 3. The van der Waals surface area contributed by atoms with E-state index in [9.17, 15) is 18.0 Å². The number of aromatic nitrogens is 1. The molecule has 0 bridgehead atoms.